The normalized spacial score (nSPS) is 26.8. The zero-order valence-corrected chi connectivity index (χ0v) is 17.1. The molecule has 1 N–H and O–H groups in total. The second-order valence-electron chi connectivity index (χ2n) is 6.91. The molecule has 2 aromatic rings. The van der Waals surface area contributed by atoms with E-state index in [9.17, 15) is 4.79 Å². The van der Waals surface area contributed by atoms with Gasteiger partial charge in [-0.25, -0.2) is 14.4 Å². The molecule has 7 nitrogen and oxygen atoms in total. The highest BCUT2D eigenvalue weighted by Gasteiger charge is 2.48. The smallest absolute Gasteiger partial charge is 0.311 e. The molecule has 0 radical (unpaired) electrons. The summed E-state index contributed by atoms with van der Waals surface area (Å²) in [5, 5.41) is 6.97. The fourth-order valence-electron chi connectivity index (χ4n) is 4.34. The number of nitrogens with zero attached hydrogens (tertiary/aromatic N) is 4. The second kappa shape index (κ2) is 7.75. The van der Waals surface area contributed by atoms with Crippen LogP contribution in [-0.2, 0) is 9.53 Å². The van der Waals surface area contributed by atoms with Crippen LogP contribution in [0.15, 0.2) is 10.9 Å². The highest BCUT2D eigenvalue weighted by molar-refractivity contribution is 9.10. The molecule has 3 saturated carbocycles. The predicted octanol–water partition coefficient (Wildman–Crippen LogP) is 3.68. The fourth-order valence-corrected chi connectivity index (χ4v) is 5.20. The molecule has 0 saturated heterocycles. The molecule has 0 spiro atoms. The lowest BCUT2D eigenvalue weighted by Gasteiger charge is -2.47. The first-order chi connectivity index (χ1) is 13.1. The van der Waals surface area contributed by atoms with Crippen molar-refractivity contribution in [1.29, 1.82) is 0 Å². The maximum atomic E-state index is 15.1. The Bertz CT molecular complexity index is 829. The van der Waals surface area contributed by atoms with E-state index < -0.39 is 5.82 Å². The molecule has 144 valence electrons. The van der Waals surface area contributed by atoms with Crippen molar-refractivity contribution in [3.05, 3.63) is 16.7 Å². The van der Waals surface area contributed by atoms with E-state index in [1.54, 1.807) is 6.92 Å². The monoisotopic (exact) mass is 455 g/mol. The first kappa shape index (κ1) is 18.7. The van der Waals surface area contributed by atoms with Gasteiger partial charge >= 0.3 is 5.97 Å². The lowest BCUT2D eigenvalue weighted by Crippen LogP contribution is -2.52. The molecule has 2 atom stereocenters. The summed E-state index contributed by atoms with van der Waals surface area (Å²) in [6.45, 7) is 2.15. The van der Waals surface area contributed by atoms with Crippen molar-refractivity contribution in [1.82, 2.24) is 19.6 Å². The molecular formula is C17H19BrFN5O2S. The first-order valence-corrected chi connectivity index (χ1v) is 10.6. The zero-order valence-electron chi connectivity index (χ0n) is 14.7. The standard InChI is InChI=1S/C17H19BrFN5O2S/c1-2-26-16(25)11-8-3-5-9(6-4-8)13(11)21-15-12(19)14(22-17(18)23-15)10-7-20-24-27-10/h7-9,11,13H,2-6H2,1H3,(H,21,22,23)/t8?,9?,11-,13-/m1/s1. The topological polar surface area (TPSA) is 89.9 Å². The van der Waals surface area contributed by atoms with Crippen molar-refractivity contribution in [2.24, 2.45) is 17.8 Å². The van der Waals surface area contributed by atoms with Gasteiger partial charge in [-0.1, -0.05) is 4.49 Å². The van der Waals surface area contributed by atoms with Crippen molar-refractivity contribution in [2.45, 2.75) is 38.6 Å². The molecule has 0 aliphatic heterocycles. The van der Waals surface area contributed by atoms with Crippen molar-refractivity contribution in [3.8, 4) is 10.6 Å². The summed E-state index contributed by atoms with van der Waals surface area (Å²) in [4.78, 5) is 21.4. The van der Waals surface area contributed by atoms with Crippen LogP contribution in [0.1, 0.15) is 32.6 Å². The number of ether oxygens (including phenoxy) is 1. The van der Waals surface area contributed by atoms with Crippen LogP contribution in [0.4, 0.5) is 10.2 Å². The van der Waals surface area contributed by atoms with Gasteiger partial charge in [0, 0.05) is 6.04 Å². The summed E-state index contributed by atoms with van der Waals surface area (Å²) in [5.74, 6) is -0.388. The van der Waals surface area contributed by atoms with Crippen molar-refractivity contribution < 1.29 is 13.9 Å². The van der Waals surface area contributed by atoms with E-state index in [0.29, 0.717) is 17.4 Å². The summed E-state index contributed by atoms with van der Waals surface area (Å²) in [6.07, 6.45) is 5.55. The Balaban J connectivity index is 1.67. The average Bonchev–Trinajstić information content (AvgIpc) is 3.20. The van der Waals surface area contributed by atoms with Crippen molar-refractivity contribution in [3.63, 3.8) is 0 Å². The minimum atomic E-state index is -0.562. The lowest BCUT2D eigenvalue weighted by atomic mass is 9.61. The van der Waals surface area contributed by atoms with Gasteiger partial charge in [0.15, 0.2) is 16.4 Å². The number of nitrogens with one attached hydrogen (secondary N) is 1. The number of aromatic nitrogens is 4. The molecule has 2 heterocycles. The van der Waals surface area contributed by atoms with Gasteiger partial charge in [0.1, 0.15) is 5.69 Å². The molecular weight excluding hydrogens is 437 g/mol. The van der Waals surface area contributed by atoms with Crippen molar-refractivity contribution in [2.75, 3.05) is 11.9 Å². The van der Waals surface area contributed by atoms with Crippen LogP contribution in [-0.4, -0.2) is 38.2 Å². The molecule has 2 aromatic heterocycles. The summed E-state index contributed by atoms with van der Waals surface area (Å²) in [5.41, 5.74) is 0.142. The predicted molar refractivity (Wildman–Crippen MR) is 102 cm³/mol. The van der Waals surface area contributed by atoms with Gasteiger partial charge in [0.2, 0.25) is 0 Å². The Hall–Kier alpha value is -1.68. The lowest BCUT2D eigenvalue weighted by molar-refractivity contribution is -0.154. The van der Waals surface area contributed by atoms with E-state index in [0.717, 1.165) is 37.2 Å². The molecule has 3 fully saturated rings. The summed E-state index contributed by atoms with van der Waals surface area (Å²) >= 11 is 4.31. The zero-order chi connectivity index (χ0) is 19.0. The van der Waals surface area contributed by atoms with Gasteiger partial charge in [0.25, 0.3) is 0 Å². The number of carbonyl (C=O) groups excluding carboxylic acids is 1. The van der Waals surface area contributed by atoms with Crippen LogP contribution in [0.25, 0.3) is 10.6 Å². The molecule has 0 amide bonds. The van der Waals surface area contributed by atoms with Crippen LogP contribution < -0.4 is 5.32 Å². The molecule has 10 heteroatoms. The largest absolute Gasteiger partial charge is 0.466 e. The Morgan fingerprint density at radius 3 is 2.74 bits per heavy atom. The van der Waals surface area contributed by atoms with E-state index in [1.165, 1.54) is 6.20 Å². The quantitative estimate of drug-likeness (QED) is 0.542. The van der Waals surface area contributed by atoms with E-state index >= 15 is 4.39 Å². The van der Waals surface area contributed by atoms with Crippen LogP contribution in [0.5, 0.6) is 0 Å². The maximum Gasteiger partial charge on any atom is 0.311 e. The summed E-state index contributed by atoms with van der Waals surface area (Å²) in [6, 6.07) is -0.194. The van der Waals surface area contributed by atoms with Gasteiger partial charge in [0.05, 0.1) is 23.6 Å². The first-order valence-electron chi connectivity index (χ1n) is 9.02. The summed E-state index contributed by atoms with van der Waals surface area (Å²) in [7, 11) is 0. The van der Waals surface area contributed by atoms with Gasteiger partial charge < -0.3 is 10.1 Å². The van der Waals surface area contributed by atoms with Crippen LogP contribution >= 0.6 is 27.5 Å². The number of esters is 1. The van der Waals surface area contributed by atoms with Gasteiger partial charge in [-0.3, -0.25) is 4.79 Å². The van der Waals surface area contributed by atoms with Crippen LogP contribution in [0.3, 0.4) is 0 Å². The van der Waals surface area contributed by atoms with E-state index in [-0.39, 0.29) is 40.1 Å². The number of carbonyl (C=O) groups is 1. The fraction of sp³-hybridized carbons (Fsp3) is 0.588. The van der Waals surface area contributed by atoms with E-state index in [4.69, 9.17) is 4.74 Å². The number of anilines is 1. The number of hydrogen-bond acceptors (Lipinski definition) is 8. The molecule has 3 aliphatic rings. The Morgan fingerprint density at radius 2 is 2.07 bits per heavy atom. The van der Waals surface area contributed by atoms with Crippen LogP contribution in [0, 0.1) is 23.6 Å². The van der Waals surface area contributed by atoms with Gasteiger partial charge in [-0.2, -0.15) is 0 Å². The number of halogens is 2. The van der Waals surface area contributed by atoms with Crippen molar-refractivity contribution >= 4 is 39.2 Å². The molecule has 0 unspecified atom stereocenters. The SMILES string of the molecule is CCOC(=O)[C@@H]1C2CCC(CC2)[C@H]1Nc1nc(Br)nc(-c2cnns2)c1F. The van der Waals surface area contributed by atoms with Gasteiger partial charge in [-0.05, 0) is 71.9 Å². The third-order valence-electron chi connectivity index (χ3n) is 5.50. The third-order valence-corrected chi connectivity index (χ3v) is 6.53. The molecule has 2 bridgehead atoms. The number of fused-ring (bicyclic) bond motifs is 3. The molecule has 5 rings (SSSR count). The Morgan fingerprint density at radius 1 is 1.33 bits per heavy atom. The molecule has 0 aromatic carbocycles. The Kier molecular flexibility index (Phi) is 5.36. The minimum Gasteiger partial charge on any atom is -0.466 e. The highest BCUT2D eigenvalue weighted by Crippen LogP contribution is 2.47. The van der Waals surface area contributed by atoms with E-state index in [2.05, 4.69) is 40.8 Å². The highest BCUT2D eigenvalue weighted by atomic mass is 79.9. The van der Waals surface area contributed by atoms with Gasteiger partial charge in [-0.15, -0.1) is 5.10 Å². The maximum absolute atomic E-state index is 15.1. The Labute approximate surface area is 168 Å². The van der Waals surface area contributed by atoms with E-state index in [1.807, 2.05) is 0 Å². The third kappa shape index (κ3) is 3.56. The molecule has 3 aliphatic carbocycles. The minimum absolute atomic E-state index is 0.0899. The number of hydrogen-bond donors (Lipinski definition) is 1. The summed E-state index contributed by atoms with van der Waals surface area (Å²) < 4.78 is 24.5. The number of rotatable bonds is 5. The molecule has 27 heavy (non-hydrogen) atoms. The second-order valence-corrected chi connectivity index (χ2v) is 8.40. The average molecular weight is 456 g/mol. The van der Waals surface area contributed by atoms with Crippen LogP contribution in [0.2, 0.25) is 0 Å².